The van der Waals surface area contributed by atoms with Crippen LogP contribution in [0.3, 0.4) is 0 Å². The molecular weight excluding hydrogens is 435 g/mol. The second-order valence-electron chi connectivity index (χ2n) is 7.77. The number of hydrogen-bond acceptors (Lipinski definition) is 7. The van der Waals surface area contributed by atoms with Gasteiger partial charge in [-0.2, -0.15) is 13.2 Å². The molecule has 1 aliphatic heterocycles. The molecule has 0 spiro atoms. The lowest BCUT2D eigenvalue weighted by molar-refractivity contribution is -0.140. The molecule has 1 aliphatic rings. The summed E-state index contributed by atoms with van der Waals surface area (Å²) >= 11 is 0. The Kier molecular flexibility index (Phi) is 6.31. The summed E-state index contributed by atoms with van der Waals surface area (Å²) in [5, 5.41) is 0.431. The first-order valence-corrected chi connectivity index (χ1v) is 10.7. The maximum absolute atomic E-state index is 13.2. The molecule has 1 saturated heterocycles. The number of rotatable bonds is 6. The summed E-state index contributed by atoms with van der Waals surface area (Å²) in [6.45, 7) is 10.9. The normalized spacial score (nSPS) is 15.3. The number of fused-ring (bicyclic) bond motifs is 1. The van der Waals surface area contributed by atoms with Crippen LogP contribution in [0.1, 0.15) is 24.1 Å². The van der Waals surface area contributed by atoms with Crippen LogP contribution in [0.2, 0.25) is 0 Å². The van der Waals surface area contributed by atoms with E-state index >= 15 is 0 Å². The molecule has 0 atom stereocenters. The van der Waals surface area contributed by atoms with Crippen LogP contribution in [-0.2, 0) is 12.7 Å². The molecule has 3 aromatic rings. The lowest BCUT2D eigenvalue weighted by atomic mass is 10.1. The van der Waals surface area contributed by atoms with Crippen LogP contribution in [0, 0.1) is 0 Å². The third-order valence-electron chi connectivity index (χ3n) is 5.92. The lowest BCUT2D eigenvalue weighted by Crippen LogP contribution is -2.45. The van der Waals surface area contributed by atoms with E-state index in [9.17, 15) is 13.2 Å². The molecule has 0 amide bonds. The predicted octanol–water partition coefficient (Wildman–Crippen LogP) is 3.98. The Morgan fingerprint density at radius 1 is 1.15 bits per heavy atom. The number of pyridine rings is 1. The Morgan fingerprint density at radius 2 is 1.88 bits per heavy atom. The lowest BCUT2D eigenvalue weighted by Gasteiger charge is -2.36. The van der Waals surface area contributed by atoms with Crippen molar-refractivity contribution in [1.29, 1.82) is 0 Å². The highest BCUT2D eigenvalue weighted by Crippen LogP contribution is 2.37. The maximum Gasteiger partial charge on any atom is 0.433 e. The van der Waals surface area contributed by atoms with Gasteiger partial charge in [-0.25, -0.2) is 9.97 Å². The fourth-order valence-corrected chi connectivity index (χ4v) is 4.02. The number of halogens is 3. The van der Waals surface area contributed by atoms with E-state index in [2.05, 4.69) is 33.3 Å². The number of piperazine rings is 1. The van der Waals surface area contributed by atoms with Gasteiger partial charge in [-0.15, -0.1) is 0 Å². The highest BCUT2D eigenvalue weighted by molar-refractivity contribution is 5.96. The van der Waals surface area contributed by atoms with Gasteiger partial charge >= 0.3 is 6.18 Å². The van der Waals surface area contributed by atoms with E-state index in [0.717, 1.165) is 44.5 Å². The molecule has 0 saturated carbocycles. The first kappa shape index (κ1) is 23.1. The monoisotopic (exact) mass is 461 g/mol. The first-order valence-electron chi connectivity index (χ1n) is 10.7. The van der Waals surface area contributed by atoms with Crippen LogP contribution in [-0.4, -0.2) is 59.6 Å². The molecule has 7 nitrogen and oxygen atoms in total. The zero-order valence-corrected chi connectivity index (χ0v) is 18.6. The summed E-state index contributed by atoms with van der Waals surface area (Å²) in [5.74, 6) is 0.939. The van der Waals surface area contributed by atoms with Gasteiger partial charge in [-0.3, -0.25) is 0 Å². The summed E-state index contributed by atoms with van der Waals surface area (Å²) < 4.78 is 50.9. The molecule has 33 heavy (non-hydrogen) atoms. The van der Waals surface area contributed by atoms with Crippen LogP contribution >= 0.6 is 0 Å². The highest BCUT2D eigenvalue weighted by Gasteiger charge is 2.33. The van der Waals surface area contributed by atoms with E-state index in [1.54, 1.807) is 12.1 Å². The van der Waals surface area contributed by atoms with E-state index in [1.807, 2.05) is 0 Å². The number of benzene rings is 1. The minimum absolute atomic E-state index is 0.0772. The maximum atomic E-state index is 13.2. The fraction of sp³-hybridized carbons (Fsp3) is 0.391. The Labute approximate surface area is 189 Å². The number of alkyl halides is 3. The minimum atomic E-state index is -4.57. The fourth-order valence-electron chi connectivity index (χ4n) is 4.02. The molecule has 4 rings (SSSR count). The molecular formula is C23H26F3N5O2. The first-order chi connectivity index (χ1) is 15.8. The zero-order chi connectivity index (χ0) is 23.8. The van der Waals surface area contributed by atoms with E-state index < -0.39 is 11.9 Å². The van der Waals surface area contributed by atoms with Crippen molar-refractivity contribution in [2.75, 3.05) is 39.8 Å². The van der Waals surface area contributed by atoms with Gasteiger partial charge < -0.3 is 24.7 Å². The SMILES string of the molecule is C=C(c1nc(-c2ccc(OC)c3nc(C(F)(F)F)ccc23)oc1CN)N1CCN(CC)CC1. The predicted molar refractivity (Wildman–Crippen MR) is 119 cm³/mol. The third kappa shape index (κ3) is 4.40. The third-order valence-corrected chi connectivity index (χ3v) is 5.92. The second-order valence-corrected chi connectivity index (χ2v) is 7.77. The van der Waals surface area contributed by atoms with E-state index in [-0.39, 0.29) is 23.7 Å². The van der Waals surface area contributed by atoms with Crippen LogP contribution in [0.25, 0.3) is 28.1 Å². The number of likely N-dealkylation sites (N-methyl/N-ethyl adjacent to an activating group) is 1. The van der Waals surface area contributed by atoms with E-state index in [0.29, 0.717) is 22.4 Å². The Hall–Kier alpha value is -3.11. The van der Waals surface area contributed by atoms with Crippen molar-refractivity contribution in [3.63, 3.8) is 0 Å². The molecule has 0 aliphatic carbocycles. The summed E-state index contributed by atoms with van der Waals surface area (Å²) in [5.41, 5.74) is 6.77. The van der Waals surface area contributed by atoms with E-state index in [4.69, 9.17) is 14.9 Å². The number of nitrogens with zero attached hydrogens (tertiary/aromatic N) is 4. The van der Waals surface area contributed by atoms with Gasteiger partial charge in [0.1, 0.15) is 28.4 Å². The van der Waals surface area contributed by atoms with Gasteiger partial charge in [0.15, 0.2) is 0 Å². The van der Waals surface area contributed by atoms with Crippen molar-refractivity contribution in [1.82, 2.24) is 19.8 Å². The number of ether oxygens (including phenoxy) is 1. The van der Waals surface area contributed by atoms with Gasteiger partial charge in [0.25, 0.3) is 0 Å². The average Bonchev–Trinajstić information content (AvgIpc) is 3.26. The second kappa shape index (κ2) is 9.03. The molecule has 0 radical (unpaired) electrons. The van der Waals surface area contributed by atoms with Crippen molar-refractivity contribution >= 4 is 16.6 Å². The Morgan fingerprint density at radius 3 is 2.48 bits per heavy atom. The van der Waals surface area contributed by atoms with Crippen molar-refractivity contribution in [2.45, 2.75) is 19.6 Å². The molecule has 1 fully saturated rings. The molecule has 10 heteroatoms. The number of methoxy groups -OCH3 is 1. The molecule has 2 aromatic heterocycles. The van der Waals surface area contributed by atoms with Gasteiger partial charge in [-0.05, 0) is 30.8 Å². The standard InChI is InChI=1S/C23H26F3N5O2/c1-4-30-9-11-31(12-10-30)14(2)20-18(13-27)33-22(29-20)16-5-7-17(32-3)21-15(16)6-8-19(28-21)23(24,25)26/h5-8H,2,4,9-13,27H2,1,3H3. The Balaban J connectivity index is 1.75. The molecule has 0 unspecified atom stereocenters. The largest absolute Gasteiger partial charge is 0.494 e. The van der Waals surface area contributed by atoms with Crippen molar-refractivity contribution in [2.24, 2.45) is 5.73 Å². The van der Waals surface area contributed by atoms with Gasteiger partial charge in [-0.1, -0.05) is 13.5 Å². The van der Waals surface area contributed by atoms with Crippen molar-refractivity contribution in [3.8, 4) is 17.2 Å². The van der Waals surface area contributed by atoms with Crippen molar-refractivity contribution < 1.29 is 22.3 Å². The number of nitrogens with two attached hydrogens (primary N) is 1. The summed E-state index contributed by atoms with van der Waals surface area (Å²) in [6.07, 6.45) is -4.57. The summed E-state index contributed by atoms with van der Waals surface area (Å²) in [7, 11) is 1.38. The number of oxazole rings is 1. The van der Waals surface area contributed by atoms with Gasteiger partial charge in [0.05, 0.1) is 19.4 Å². The average molecular weight is 461 g/mol. The Bertz CT molecular complexity index is 1170. The van der Waals surface area contributed by atoms with Crippen LogP contribution in [0.4, 0.5) is 13.2 Å². The molecule has 1 aromatic carbocycles. The van der Waals surface area contributed by atoms with Gasteiger partial charge in [0, 0.05) is 37.1 Å². The number of aromatic nitrogens is 2. The van der Waals surface area contributed by atoms with Gasteiger partial charge in [0.2, 0.25) is 5.89 Å². The minimum Gasteiger partial charge on any atom is -0.494 e. The van der Waals surface area contributed by atoms with E-state index in [1.165, 1.54) is 13.2 Å². The smallest absolute Gasteiger partial charge is 0.433 e. The van der Waals surface area contributed by atoms with Crippen LogP contribution in [0.5, 0.6) is 5.75 Å². The molecule has 176 valence electrons. The molecule has 2 N–H and O–H groups in total. The summed E-state index contributed by atoms with van der Waals surface area (Å²) in [4.78, 5) is 13.0. The molecule has 0 bridgehead atoms. The highest BCUT2D eigenvalue weighted by atomic mass is 19.4. The van der Waals surface area contributed by atoms with Crippen LogP contribution in [0.15, 0.2) is 35.3 Å². The number of hydrogen-bond donors (Lipinski definition) is 1. The van der Waals surface area contributed by atoms with Crippen LogP contribution < -0.4 is 10.5 Å². The molecule has 3 heterocycles. The zero-order valence-electron chi connectivity index (χ0n) is 18.6. The topological polar surface area (TPSA) is 80.6 Å². The summed E-state index contributed by atoms with van der Waals surface area (Å²) in [6, 6.07) is 5.53. The van der Waals surface area contributed by atoms with Crippen molar-refractivity contribution in [3.05, 3.63) is 48.0 Å². The quantitative estimate of drug-likeness (QED) is 0.595.